The van der Waals surface area contributed by atoms with Crippen LogP contribution < -0.4 is 26.8 Å². The van der Waals surface area contributed by atoms with Gasteiger partial charge in [0.15, 0.2) is 0 Å². The van der Waals surface area contributed by atoms with Crippen LogP contribution in [0.1, 0.15) is 40.5 Å². The quantitative estimate of drug-likeness (QED) is 0.448. The second-order valence-corrected chi connectivity index (χ2v) is 5.91. The Hall–Kier alpha value is -1.36. The van der Waals surface area contributed by atoms with Gasteiger partial charge in [-0.05, 0) is 18.8 Å². The van der Waals surface area contributed by atoms with E-state index in [1.807, 2.05) is 0 Å². The highest BCUT2D eigenvalue weighted by Gasteiger charge is 2.19. The van der Waals surface area contributed by atoms with Gasteiger partial charge in [-0.25, -0.2) is 0 Å². The molecule has 1 rings (SSSR count). The maximum atomic E-state index is 11.5. The first-order chi connectivity index (χ1) is 9.43. The molecule has 0 aromatic heterocycles. The van der Waals surface area contributed by atoms with E-state index < -0.39 is 10.9 Å². The summed E-state index contributed by atoms with van der Waals surface area (Å²) >= 11 is 0. The molecule has 0 aliphatic rings. The normalized spacial score (nSPS) is 11.5. The number of hydrogen-bond acceptors (Lipinski definition) is 5. The summed E-state index contributed by atoms with van der Waals surface area (Å²) in [7, 11) is 0. The summed E-state index contributed by atoms with van der Waals surface area (Å²) in [5.74, 6) is 0.657. The first-order valence-corrected chi connectivity index (χ1v) is 7.48. The highest BCUT2D eigenvalue weighted by Crippen LogP contribution is 2.14. The summed E-state index contributed by atoms with van der Waals surface area (Å²) in [5.41, 5.74) is 0.114. The molecule has 0 saturated carbocycles. The van der Waals surface area contributed by atoms with Crippen molar-refractivity contribution in [2.24, 2.45) is 5.92 Å². The van der Waals surface area contributed by atoms with Crippen molar-refractivity contribution < 1.29 is 0 Å². The van der Waals surface area contributed by atoms with Gasteiger partial charge in [-0.3, -0.25) is 9.59 Å². The average molecular weight is 281 g/mol. The van der Waals surface area contributed by atoms with Crippen molar-refractivity contribution in [2.45, 2.75) is 46.6 Å². The predicted octanol–water partition coefficient (Wildman–Crippen LogP) is 1.54. The van der Waals surface area contributed by atoms with Gasteiger partial charge in [0.05, 0.1) is 0 Å². The first kappa shape index (κ1) is 16.7. The minimum atomic E-state index is -0.402. The Balaban J connectivity index is 2.38. The van der Waals surface area contributed by atoms with Crippen LogP contribution in [-0.2, 0) is 0 Å². The van der Waals surface area contributed by atoms with Crippen LogP contribution in [0.4, 0.5) is 11.4 Å². The lowest BCUT2D eigenvalue weighted by Crippen LogP contribution is -2.39. The Bertz CT molecular complexity index is 430. The Morgan fingerprint density at radius 3 is 1.90 bits per heavy atom. The molecule has 0 unspecified atom stereocenters. The molecule has 20 heavy (non-hydrogen) atoms. The second kappa shape index (κ2) is 8.04. The Morgan fingerprint density at radius 1 is 0.850 bits per heavy atom. The van der Waals surface area contributed by atoms with E-state index in [0.717, 1.165) is 25.9 Å². The van der Waals surface area contributed by atoms with E-state index in [1.165, 1.54) is 0 Å². The van der Waals surface area contributed by atoms with Crippen LogP contribution in [-0.4, -0.2) is 25.7 Å². The van der Waals surface area contributed by atoms with Gasteiger partial charge in [-0.2, -0.15) is 0 Å². The third kappa shape index (κ3) is 4.96. The fourth-order valence-electron chi connectivity index (χ4n) is 2.00. The van der Waals surface area contributed by atoms with Gasteiger partial charge in [0.25, 0.3) is 10.9 Å². The van der Waals surface area contributed by atoms with Crippen molar-refractivity contribution in [1.82, 2.24) is 5.32 Å². The molecule has 0 aliphatic heterocycles. The van der Waals surface area contributed by atoms with Gasteiger partial charge in [0.2, 0.25) is 0 Å². The van der Waals surface area contributed by atoms with Crippen LogP contribution in [0.2, 0.25) is 0 Å². The van der Waals surface area contributed by atoms with Gasteiger partial charge in [0.1, 0.15) is 11.4 Å². The molecule has 0 heterocycles. The smallest absolute Gasteiger partial charge is 0.253 e. The summed E-state index contributed by atoms with van der Waals surface area (Å²) in [4.78, 5) is 23.0. The monoisotopic (exact) mass is 281 g/mol. The SMILES string of the molecule is CC(C)CCCNc1c(NCCNC(C)C)c(=O)c1=O. The van der Waals surface area contributed by atoms with E-state index in [9.17, 15) is 9.59 Å². The van der Waals surface area contributed by atoms with Crippen LogP contribution in [0.15, 0.2) is 9.59 Å². The van der Waals surface area contributed by atoms with E-state index in [1.54, 1.807) is 0 Å². The van der Waals surface area contributed by atoms with Gasteiger partial charge in [-0.1, -0.05) is 27.7 Å². The molecule has 0 saturated heterocycles. The molecule has 1 aromatic carbocycles. The minimum Gasteiger partial charge on any atom is -0.380 e. The number of rotatable bonds is 10. The molecule has 0 bridgehead atoms. The van der Waals surface area contributed by atoms with E-state index in [-0.39, 0.29) is 0 Å². The molecule has 5 heteroatoms. The summed E-state index contributed by atoms with van der Waals surface area (Å²) in [5, 5.41) is 9.37. The van der Waals surface area contributed by atoms with Crippen LogP contribution >= 0.6 is 0 Å². The van der Waals surface area contributed by atoms with Crippen LogP contribution in [0.3, 0.4) is 0 Å². The molecular weight excluding hydrogens is 254 g/mol. The van der Waals surface area contributed by atoms with Crippen molar-refractivity contribution in [3.63, 3.8) is 0 Å². The highest BCUT2D eigenvalue weighted by molar-refractivity contribution is 5.73. The van der Waals surface area contributed by atoms with E-state index in [2.05, 4.69) is 43.6 Å². The Kier molecular flexibility index (Phi) is 6.71. The Labute approximate surface area is 120 Å². The number of hydrogen-bond donors (Lipinski definition) is 3. The van der Waals surface area contributed by atoms with Crippen molar-refractivity contribution in [3.05, 3.63) is 20.4 Å². The number of anilines is 2. The predicted molar refractivity (Wildman–Crippen MR) is 85.5 cm³/mol. The molecule has 5 nitrogen and oxygen atoms in total. The molecule has 1 aromatic rings. The lowest BCUT2D eigenvalue weighted by molar-refractivity contribution is 0.567. The maximum Gasteiger partial charge on any atom is 0.253 e. The summed E-state index contributed by atoms with van der Waals surface area (Å²) in [6.45, 7) is 10.6. The van der Waals surface area contributed by atoms with Crippen LogP contribution in [0.25, 0.3) is 0 Å². The fourth-order valence-corrected chi connectivity index (χ4v) is 2.00. The maximum absolute atomic E-state index is 11.5. The zero-order valence-electron chi connectivity index (χ0n) is 13.0. The van der Waals surface area contributed by atoms with E-state index in [0.29, 0.717) is 29.9 Å². The van der Waals surface area contributed by atoms with Crippen molar-refractivity contribution in [1.29, 1.82) is 0 Å². The third-order valence-corrected chi connectivity index (χ3v) is 3.15. The topological polar surface area (TPSA) is 70.2 Å². The number of nitrogens with one attached hydrogen (secondary N) is 3. The highest BCUT2D eigenvalue weighted by atomic mass is 16.2. The van der Waals surface area contributed by atoms with Gasteiger partial charge in [0, 0.05) is 25.7 Å². The van der Waals surface area contributed by atoms with Crippen molar-refractivity contribution in [3.8, 4) is 0 Å². The van der Waals surface area contributed by atoms with E-state index >= 15 is 0 Å². The molecule has 0 spiro atoms. The first-order valence-electron chi connectivity index (χ1n) is 7.48. The van der Waals surface area contributed by atoms with Gasteiger partial charge < -0.3 is 16.0 Å². The van der Waals surface area contributed by atoms with Crippen molar-refractivity contribution in [2.75, 3.05) is 30.3 Å². The van der Waals surface area contributed by atoms with Crippen LogP contribution in [0.5, 0.6) is 0 Å². The third-order valence-electron chi connectivity index (χ3n) is 3.15. The molecule has 0 aliphatic carbocycles. The van der Waals surface area contributed by atoms with Gasteiger partial charge in [-0.15, -0.1) is 0 Å². The second-order valence-electron chi connectivity index (χ2n) is 5.91. The summed E-state index contributed by atoms with van der Waals surface area (Å²) in [6, 6.07) is 0.415. The lowest BCUT2D eigenvalue weighted by atomic mass is 10.1. The average Bonchev–Trinajstić information content (AvgIpc) is 2.38. The molecule has 0 amide bonds. The minimum absolute atomic E-state index is 0.395. The van der Waals surface area contributed by atoms with Crippen molar-refractivity contribution >= 4 is 11.4 Å². The lowest BCUT2D eigenvalue weighted by Gasteiger charge is -2.16. The zero-order chi connectivity index (χ0) is 15.1. The summed E-state index contributed by atoms with van der Waals surface area (Å²) in [6.07, 6.45) is 2.12. The molecule has 0 fully saturated rings. The fraction of sp³-hybridized carbons (Fsp3) is 0.733. The van der Waals surface area contributed by atoms with E-state index in [4.69, 9.17) is 0 Å². The largest absolute Gasteiger partial charge is 0.380 e. The molecule has 0 atom stereocenters. The molecule has 0 radical (unpaired) electrons. The molecule has 114 valence electrons. The molecular formula is C15H27N3O2. The molecule has 3 N–H and O–H groups in total. The standard InChI is InChI=1S/C15H27N3O2/c1-10(2)6-5-7-17-12-13(15(20)14(12)19)18-9-8-16-11(3)4/h10-11,16-18H,5-9H2,1-4H3. The summed E-state index contributed by atoms with van der Waals surface area (Å²) < 4.78 is 0. The van der Waals surface area contributed by atoms with Gasteiger partial charge >= 0.3 is 0 Å². The zero-order valence-corrected chi connectivity index (χ0v) is 13.0. The van der Waals surface area contributed by atoms with Crippen LogP contribution in [0, 0.1) is 5.92 Å². The Morgan fingerprint density at radius 2 is 1.40 bits per heavy atom.